The Balaban J connectivity index is 1.72. The molecule has 0 spiro atoms. The van der Waals surface area contributed by atoms with Crippen LogP contribution in [0.4, 0.5) is 0 Å². The summed E-state index contributed by atoms with van der Waals surface area (Å²) in [5.41, 5.74) is 2.06. The largest absolute Gasteiger partial charge is 0.468 e. The number of fused-ring (bicyclic) bond motifs is 1. The number of hydrogen-bond acceptors (Lipinski definition) is 4. The highest BCUT2D eigenvalue weighted by atomic mass is 35.5. The number of amides is 1. The van der Waals surface area contributed by atoms with E-state index in [1.165, 1.54) is 11.8 Å². The summed E-state index contributed by atoms with van der Waals surface area (Å²) in [6.07, 6.45) is 1.74. The number of nitrogens with one attached hydrogen (secondary N) is 1. The molecule has 0 aliphatic carbocycles. The normalized spacial score (nSPS) is 10.6. The Hall–Kier alpha value is -2.86. The number of benzene rings is 2. The molecule has 0 saturated heterocycles. The van der Waals surface area contributed by atoms with Crippen molar-refractivity contribution in [1.82, 2.24) is 15.1 Å². The van der Waals surface area contributed by atoms with Crippen molar-refractivity contribution in [1.29, 1.82) is 0 Å². The van der Waals surface area contributed by atoms with E-state index in [0.29, 0.717) is 22.6 Å². The number of nitrogens with zero attached hydrogens (tertiary/aromatic N) is 2. The lowest BCUT2D eigenvalue weighted by Crippen LogP contribution is -2.22. The van der Waals surface area contributed by atoms with Crippen LogP contribution in [0.1, 0.15) is 15.9 Å². The van der Waals surface area contributed by atoms with Gasteiger partial charge >= 0.3 is 5.97 Å². The van der Waals surface area contributed by atoms with Crippen LogP contribution in [0, 0.1) is 0 Å². The van der Waals surface area contributed by atoms with Crippen molar-refractivity contribution in [3.8, 4) is 0 Å². The van der Waals surface area contributed by atoms with E-state index in [1.54, 1.807) is 36.5 Å². The van der Waals surface area contributed by atoms with Gasteiger partial charge in [0, 0.05) is 28.7 Å². The van der Waals surface area contributed by atoms with E-state index in [9.17, 15) is 9.59 Å². The average molecular weight is 358 g/mol. The molecule has 1 heterocycles. The number of esters is 1. The van der Waals surface area contributed by atoms with E-state index in [1.807, 2.05) is 12.1 Å². The number of methoxy groups -OCH3 is 1. The summed E-state index contributed by atoms with van der Waals surface area (Å²) < 4.78 is 6.11. The van der Waals surface area contributed by atoms with Gasteiger partial charge in [-0.3, -0.25) is 14.3 Å². The third-order valence-electron chi connectivity index (χ3n) is 3.68. The molecule has 0 aliphatic rings. The number of rotatable bonds is 5. The van der Waals surface area contributed by atoms with Crippen LogP contribution >= 0.6 is 11.6 Å². The molecular weight excluding hydrogens is 342 g/mol. The summed E-state index contributed by atoms with van der Waals surface area (Å²) in [5.74, 6) is -0.586. The topological polar surface area (TPSA) is 73.2 Å². The van der Waals surface area contributed by atoms with Gasteiger partial charge in [-0.1, -0.05) is 29.8 Å². The van der Waals surface area contributed by atoms with E-state index in [0.717, 1.165) is 10.9 Å². The van der Waals surface area contributed by atoms with E-state index in [2.05, 4.69) is 15.2 Å². The minimum absolute atomic E-state index is 0.0292. The lowest BCUT2D eigenvalue weighted by Gasteiger charge is -2.05. The quantitative estimate of drug-likeness (QED) is 0.713. The Labute approximate surface area is 149 Å². The van der Waals surface area contributed by atoms with Gasteiger partial charge in [0.1, 0.15) is 6.54 Å². The zero-order valence-electron chi connectivity index (χ0n) is 13.5. The van der Waals surface area contributed by atoms with Crippen molar-refractivity contribution >= 4 is 34.4 Å². The monoisotopic (exact) mass is 357 g/mol. The van der Waals surface area contributed by atoms with Gasteiger partial charge in [0.2, 0.25) is 0 Å². The van der Waals surface area contributed by atoms with E-state index < -0.39 is 0 Å². The summed E-state index contributed by atoms with van der Waals surface area (Å²) in [6, 6.07) is 12.5. The minimum Gasteiger partial charge on any atom is -0.468 e. The highest BCUT2D eigenvalue weighted by Crippen LogP contribution is 2.15. The Morgan fingerprint density at radius 1 is 1.24 bits per heavy atom. The second-order valence-electron chi connectivity index (χ2n) is 5.49. The first-order valence-electron chi connectivity index (χ1n) is 7.62. The summed E-state index contributed by atoms with van der Waals surface area (Å²) in [5, 5.41) is 8.61. The fourth-order valence-corrected chi connectivity index (χ4v) is 2.63. The molecule has 0 atom stereocenters. The molecule has 0 fully saturated rings. The van der Waals surface area contributed by atoms with Crippen molar-refractivity contribution < 1.29 is 14.3 Å². The summed E-state index contributed by atoms with van der Waals surface area (Å²) in [6.45, 7) is 0.412. The van der Waals surface area contributed by atoms with Gasteiger partial charge in [-0.15, -0.1) is 0 Å². The van der Waals surface area contributed by atoms with Gasteiger partial charge < -0.3 is 10.1 Å². The maximum Gasteiger partial charge on any atom is 0.327 e. The summed E-state index contributed by atoms with van der Waals surface area (Å²) >= 11 is 5.94. The van der Waals surface area contributed by atoms with E-state index >= 15 is 0 Å². The predicted molar refractivity (Wildman–Crippen MR) is 94.4 cm³/mol. The SMILES string of the molecule is COC(=O)Cn1cc2ccc(C(=O)NCc3cccc(Cl)c3)cc2n1. The number of ether oxygens (including phenoxy) is 1. The van der Waals surface area contributed by atoms with Crippen molar-refractivity contribution in [2.75, 3.05) is 7.11 Å². The number of carbonyl (C=O) groups excluding carboxylic acids is 2. The van der Waals surface area contributed by atoms with Crippen molar-refractivity contribution in [2.45, 2.75) is 13.1 Å². The molecule has 128 valence electrons. The molecule has 1 amide bonds. The Bertz CT molecular complexity index is 936. The van der Waals surface area contributed by atoms with Gasteiger partial charge in [0.25, 0.3) is 5.91 Å². The number of halogens is 1. The summed E-state index contributed by atoms with van der Waals surface area (Å²) in [7, 11) is 1.33. The van der Waals surface area contributed by atoms with Crippen LogP contribution in [-0.4, -0.2) is 28.8 Å². The molecule has 3 rings (SSSR count). The van der Waals surface area contributed by atoms with E-state index in [-0.39, 0.29) is 18.4 Å². The van der Waals surface area contributed by atoms with Crippen LogP contribution in [0.15, 0.2) is 48.7 Å². The number of aromatic nitrogens is 2. The number of hydrogen-bond donors (Lipinski definition) is 1. The van der Waals surface area contributed by atoms with Crippen LogP contribution in [0.2, 0.25) is 5.02 Å². The molecule has 0 unspecified atom stereocenters. The maximum absolute atomic E-state index is 12.3. The van der Waals surface area contributed by atoms with Crippen LogP contribution < -0.4 is 5.32 Å². The average Bonchev–Trinajstić information content (AvgIpc) is 3.00. The van der Waals surface area contributed by atoms with Crippen LogP contribution in [0.25, 0.3) is 10.9 Å². The third-order valence-corrected chi connectivity index (χ3v) is 3.91. The molecule has 3 aromatic rings. The molecular formula is C18H16ClN3O3. The lowest BCUT2D eigenvalue weighted by atomic mass is 10.1. The first-order valence-corrected chi connectivity index (χ1v) is 7.99. The molecule has 1 aromatic heterocycles. The Kier molecular flexibility index (Phi) is 5.00. The third kappa shape index (κ3) is 4.16. The van der Waals surface area contributed by atoms with Gasteiger partial charge in [-0.05, 0) is 29.8 Å². The molecule has 6 nitrogen and oxygen atoms in total. The second-order valence-corrected chi connectivity index (χ2v) is 5.93. The molecule has 1 N–H and O–H groups in total. The van der Waals surface area contributed by atoms with Crippen LogP contribution in [0.3, 0.4) is 0 Å². The fraction of sp³-hybridized carbons (Fsp3) is 0.167. The van der Waals surface area contributed by atoms with Crippen molar-refractivity contribution in [3.63, 3.8) is 0 Å². The number of carbonyl (C=O) groups is 2. The minimum atomic E-state index is -0.382. The second kappa shape index (κ2) is 7.36. The first-order chi connectivity index (χ1) is 12.0. The first kappa shape index (κ1) is 17.0. The van der Waals surface area contributed by atoms with Crippen LogP contribution in [0.5, 0.6) is 0 Å². The highest BCUT2D eigenvalue weighted by molar-refractivity contribution is 6.30. The molecule has 0 aliphatic heterocycles. The molecule has 25 heavy (non-hydrogen) atoms. The zero-order valence-corrected chi connectivity index (χ0v) is 14.3. The molecule has 7 heteroatoms. The van der Waals surface area contributed by atoms with Crippen LogP contribution in [-0.2, 0) is 22.6 Å². The predicted octanol–water partition coefficient (Wildman–Crippen LogP) is 2.79. The Morgan fingerprint density at radius 3 is 2.84 bits per heavy atom. The highest BCUT2D eigenvalue weighted by Gasteiger charge is 2.10. The van der Waals surface area contributed by atoms with Gasteiger partial charge in [-0.2, -0.15) is 5.10 Å². The summed E-state index contributed by atoms with van der Waals surface area (Å²) in [4.78, 5) is 23.6. The fourth-order valence-electron chi connectivity index (χ4n) is 2.42. The smallest absolute Gasteiger partial charge is 0.327 e. The Morgan fingerprint density at radius 2 is 2.08 bits per heavy atom. The standard InChI is InChI=1S/C18H16ClN3O3/c1-25-17(23)11-22-10-14-6-5-13(8-16(14)21-22)18(24)20-9-12-3-2-4-15(19)7-12/h2-8,10H,9,11H2,1H3,(H,20,24). The lowest BCUT2D eigenvalue weighted by molar-refractivity contribution is -0.141. The van der Waals surface area contributed by atoms with Gasteiger partial charge in [0.05, 0.1) is 12.6 Å². The van der Waals surface area contributed by atoms with Crippen molar-refractivity contribution in [3.05, 3.63) is 64.8 Å². The van der Waals surface area contributed by atoms with Gasteiger partial charge in [0.15, 0.2) is 0 Å². The van der Waals surface area contributed by atoms with E-state index in [4.69, 9.17) is 11.6 Å². The zero-order chi connectivity index (χ0) is 17.8. The molecule has 0 radical (unpaired) electrons. The molecule has 2 aromatic carbocycles. The van der Waals surface area contributed by atoms with Crippen molar-refractivity contribution in [2.24, 2.45) is 0 Å². The molecule has 0 saturated carbocycles. The molecule has 0 bridgehead atoms. The van der Waals surface area contributed by atoms with Gasteiger partial charge in [-0.25, -0.2) is 0 Å². The maximum atomic E-state index is 12.3.